The molecule has 0 atom stereocenters. The van der Waals surface area contributed by atoms with Gasteiger partial charge in [-0.1, -0.05) is 12.8 Å². The van der Waals surface area contributed by atoms with E-state index in [0.29, 0.717) is 44.6 Å². The molecule has 1 saturated heterocycles. The summed E-state index contributed by atoms with van der Waals surface area (Å²) in [6.45, 7) is 1.47. The standard InChI is InChI=1S/C17H27N3O5S/c1-19-13-14(26(24,25)20-10-6-3-7-11-20)12-15(19)17(23)18-9-5-2-4-8-16(21)22/h12-13H,2-11H2,1H3,(H,18,23)(H,21,22). The largest absolute Gasteiger partial charge is 0.481 e. The first-order valence-electron chi connectivity index (χ1n) is 8.99. The maximum atomic E-state index is 12.7. The van der Waals surface area contributed by atoms with Gasteiger partial charge in [0.05, 0.1) is 0 Å². The van der Waals surface area contributed by atoms with E-state index in [1.165, 1.54) is 21.1 Å². The molecule has 0 saturated carbocycles. The third-order valence-electron chi connectivity index (χ3n) is 4.52. The Hall–Kier alpha value is -1.87. The van der Waals surface area contributed by atoms with E-state index in [9.17, 15) is 18.0 Å². The average molecular weight is 385 g/mol. The zero-order valence-corrected chi connectivity index (χ0v) is 15.9. The molecule has 0 aliphatic carbocycles. The molecule has 1 fully saturated rings. The van der Waals surface area contributed by atoms with Crippen molar-refractivity contribution in [2.45, 2.75) is 49.8 Å². The molecule has 2 N–H and O–H groups in total. The van der Waals surface area contributed by atoms with Gasteiger partial charge < -0.3 is 15.0 Å². The molecule has 26 heavy (non-hydrogen) atoms. The minimum atomic E-state index is -3.56. The van der Waals surface area contributed by atoms with Crippen molar-refractivity contribution in [3.05, 3.63) is 18.0 Å². The van der Waals surface area contributed by atoms with Crippen molar-refractivity contribution in [1.29, 1.82) is 0 Å². The maximum Gasteiger partial charge on any atom is 0.303 e. The molecule has 8 nitrogen and oxygen atoms in total. The van der Waals surface area contributed by atoms with Crippen LogP contribution in [-0.4, -0.2) is 53.9 Å². The van der Waals surface area contributed by atoms with Crippen molar-refractivity contribution in [2.75, 3.05) is 19.6 Å². The number of aryl methyl sites for hydroxylation is 1. The molecule has 0 aromatic carbocycles. The molecule has 146 valence electrons. The summed E-state index contributed by atoms with van der Waals surface area (Å²) >= 11 is 0. The number of sulfonamides is 1. The summed E-state index contributed by atoms with van der Waals surface area (Å²) in [5, 5.41) is 11.3. The molecular weight excluding hydrogens is 358 g/mol. The number of aromatic nitrogens is 1. The third kappa shape index (κ3) is 5.31. The Morgan fingerprint density at radius 1 is 1.15 bits per heavy atom. The number of amides is 1. The van der Waals surface area contributed by atoms with E-state index in [1.54, 1.807) is 7.05 Å². The molecule has 1 aliphatic rings. The first kappa shape index (κ1) is 20.4. The van der Waals surface area contributed by atoms with Gasteiger partial charge in [-0.05, 0) is 31.7 Å². The fraction of sp³-hybridized carbons (Fsp3) is 0.647. The van der Waals surface area contributed by atoms with E-state index < -0.39 is 16.0 Å². The number of carboxylic acid groups (broad SMARTS) is 1. The lowest BCUT2D eigenvalue weighted by Crippen LogP contribution is -2.35. The SMILES string of the molecule is Cn1cc(S(=O)(=O)N2CCCCC2)cc1C(=O)NCCCCCC(=O)O. The van der Waals surface area contributed by atoms with Crippen LogP contribution in [0.2, 0.25) is 0 Å². The smallest absolute Gasteiger partial charge is 0.303 e. The summed E-state index contributed by atoms with van der Waals surface area (Å²) in [7, 11) is -1.91. The Kier molecular flexibility index (Phi) is 7.22. The highest BCUT2D eigenvalue weighted by Crippen LogP contribution is 2.22. The minimum Gasteiger partial charge on any atom is -0.481 e. The van der Waals surface area contributed by atoms with Gasteiger partial charge in [0, 0.05) is 39.3 Å². The third-order valence-corrected chi connectivity index (χ3v) is 6.38. The van der Waals surface area contributed by atoms with Crippen LogP contribution in [0.25, 0.3) is 0 Å². The predicted octanol–water partition coefficient (Wildman–Crippen LogP) is 1.57. The first-order chi connectivity index (χ1) is 12.3. The topological polar surface area (TPSA) is 109 Å². The first-order valence-corrected chi connectivity index (χ1v) is 10.4. The van der Waals surface area contributed by atoms with Crippen molar-refractivity contribution in [2.24, 2.45) is 7.05 Å². The Balaban J connectivity index is 1.92. The number of piperidine rings is 1. The highest BCUT2D eigenvalue weighted by atomic mass is 32.2. The second kappa shape index (κ2) is 9.18. The molecule has 0 unspecified atom stereocenters. The van der Waals surface area contributed by atoms with Crippen LogP contribution in [0.3, 0.4) is 0 Å². The van der Waals surface area contributed by atoms with Crippen LogP contribution in [0.1, 0.15) is 55.4 Å². The average Bonchev–Trinajstić information content (AvgIpc) is 3.01. The summed E-state index contributed by atoms with van der Waals surface area (Å²) in [5.74, 6) is -1.15. The molecule has 0 spiro atoms. The van der Waals surface area contributed by atoms with Crippen molar-refractivity contribution in [1.82, 2.24) is 14.2 Å². The Bertz CT molecular complexity index is 736. The van der Waals surface area contributed by atoms with Gasteiger partial charge in [0.1, 0.15) is 10.6 Å². The lowest BCUT2D eigenvalue weighted by atomic mass is 10.2. The van der Waals surface area contributed by atoms with Gasteiger partial charge in [0.2, 0.25) is 10.0 Å². The second-order valence-electron chi connectivity index (χ2n) is 6.60. The lowest BCUT2D eigenvalue weighted by Gasteiger charge is -2.25. The van der Waals surface area contributed by atoms with Gasteiger partial charge in [-0.2, -0.15) is 4.31 Å². The summed E-state index contributed by atoms with van der Waals surface area (Å²) in [5.41, 5.74) is 0.297. The summed E-state index contributed by atoms with van der Waals surface area (Å²) < 4.78 is 28.4. The van der Waals surface area contributed by atoms with Gasteiger partial charge in [-0.15, -0.1) is 0 Å². The van der Waals surface area contributed by atoms with Crippen LogP contribution in [0.4, 0.5) is 0 Å². The summed E-state index contributed by atoms with van der Waals surface area (Å²) in [4.78, 5) is 22.9. The minimum absolute atomic E-state index is 0.128. The lowest BCUT2D eigenvalue weighted by molar-refractivity contribution is -0.137. The van der Waals surface area contributed by atoms with Gasteiger partial charge >= 0.3 is 5.97 Å². The number of hydrogen-bond acceptors (Lipinski definition) is 4. The van der Waals surface area contributed by atoms with Gasteiger partial charge in [-0.25, -0.2) is 8.42 Å². The number of aliphatic carboxylic acids is 1. The normalized spacial score (nSPS) is 15.7. The molecule has 0 radical (unpaired) electrons. The van der Waals surface area contributed by atoms with E-state index in [-0.39, 0.29) is 17.2 Å². The van der Waals surface area contributed by atoms with E-state index in [4.69, 9.17) is 5.11 Å². The van der Waals surface area contributed by atoms with Crippen molar-refractivity contribution in [3.8, 4) is 0 Å². The molecule has 1 aromatic heterocycles. The fourth-order valence-corrected chi connectivity index (χ4v) is 4.61. The number of carbonyl (C=O) groups excluding carboxylic acids is 1. The zero-order valence-electron chi connectivity index (χ0n) is 15.1. The van der Waals surface area contributed by atoms with Crippen LogP contribution >= 0.6 is 0 Å². The Morgan fingerprint density at radius 2 is 1.85 bits per heavy atom. The number of nitrogens with one attached hydrogen (secondary N) is 1. The summed E-state index contributed by atoms with van der Waals surface area (Å²) in [6, 6.07) is 1.42. The molecule has 1 aliphatic heterocycles. The Morgan fingerprint density at radius 3 is 2.50 bits per heavy atom. The number of carbonyl (C=O) groups is 2. The summed E-state index contributed by atoms with van der Waals surface area (Å²) in [6.07, 6.45) is 6.35. The number of hydrogen-bond donors (Lipinski definition) is 2. The highest BCUT2D eigenvalue weighted by molar-refractivity contribution is 7.89. The number of carboxylic acids is 1. The van der Waals surface area contributed by atoms with Crippen molar-refractivity contribution >= 4 is 21.9 Å². The predicted molar refractivity (Wildman–Crippen MR) is 96.5 cm³/mol. The van der Waals surface area contributed by atoms with E-state index >= 15 is 0 Å². The zero-order chi connectivity index (χ0) is 19.2. The molecule has 1 amide bonds. The fourth-order valence-electron chi connectivity index (χ4n) is 3.03. The van der Waals surface area contributed by atoms with Crippen LogP contribution in [0.15, 0.2) is 17.2 Å². The maximum absolute atomic E-state index is 12.7. The molecule has 9 heteroatoms. The highest BCUT2D eigenvalue weighted by Gasteiger charge is 2.28. The van der Waals surface area contributed by atoms with Crippen LogP contribution in [-0.2, 0) is 21.9 Å². The number of nitrogens with zero attached hydrogens (tertiary/aromatic N) is 2. The van der Waals surface area contributed by atoms with Gasteiger partial charge in [0.25, 0.3) is 5.91 Å². The van der Waals surface area contributed by atoms with Gasteiger partial charge in [-0.3, -0.25) is 9.59 Å². The number of rotatable bonds is 9. The van der Waals surface area contributed by atoms with Crippen LogP contribution < -0.4 is 5.32 Å². The monoisotopic (exact) mass is 385 g/mol. The molecule has 2 heterocycles. The number of unbranched alkanes of at least 4 members (excludes halogenated alkanes) is 2. The second-order valence-corrected chi connectivity index (χ2v) is 8.53. The van der Waals surface area contributed by atoms with E-state index in [1.807, 2.05) is 0 Å². The van der Waals surface area contributed by atoms with Crippen molar-refractivity contribution < 1.29 is 23.1 Å². The van der Waals surface area contributed by atoms with Crippen LogP contribution in [0.5, 0.6) is 0 Å². The van der Waals surface area contributed by atoms with E-state index in [2.05, 4.69) is 5.32 Å². The van der Waals surface area contributed by atoms with Crippen LogP contribution in [0, 0.1) is 0 Å². The van der Waals surface area contributed by atoms with E-state index in [0.717, 1.165) is 19.3 Å². The molecular formula is C17H27N3O5S. The molecule has 1 aromatic rings. The quantitative estimate of drug-likeness (QED) is 0.627. The molecule has 2 rings (SSSR count). The van der Waals surface area contributed by atoms with Gasteiger partial charge in [0.15, 0.2) is 0 Å². The Labute approximate surface area is 154 Å². The molecule has 0 bridgehead atoms. The van der Waals surface area contributed by atoms with Crippen molar-refractivity contribution in [3.63, 3.8) is 0 Å².